The number of carbonyl (C=O) groups is 1. The molecule has 0 fully saturated rings. The molecule has 3 N–H and O–H groups in total. The molecule has 0 aromatic heterocycles. The lowest BCUT2D eigenvalue weighted by atomic mass is 10.1. The molecule has 0 atom stereocenters. The van der Waals surface area contributed by atoms with Crippen molar-refractivity contribution in [2.75, 3.05) is 11.6 Å². The first-order valence-corrected chi connectivity index (χ1v) is 9.95. The largest absolute Gasteiger partial charge is 0.457 e. The number of nitrogens with two attached hydrogens (primary N) is 1. The number of hydrogen-bond donors (Lipinski definition) is 2. The van der Waals surface area contributed by atoms with Crippen molar-refractivity contribution < 1.29 is 35.9 Å². The van der Waals surface area contributed by atoms with Gasteiger partial charge in [-0.15, -0.1) is 0 Å². The molecule has 0 radical (unpaired) electrons. The van der Waals surface area contributed by atoms with E-state index in [2.05, 4.69) is 5.32 Å². The molecule has 1 amide bonds. The molecule has 0 spiro atoms. The zero-order chi connectivity index (χ0) is 24.6. The van der Waals surface area contributed by atoms with E-state index in [1.54, 1.807) is 0 Å². The van der Waals surface area contributed by atoms with E-state index in [-0.39, 0.29) is 42.3 Å². The van der Waals surface area contributed by atoms with Crippen LogP contribution < -0.4 is 20.7 Å². The van der Waals surface area contributed by atoms with E-state index in [0.29, 0.717) is 12.1 Å². The SMILES string of the molecule is NCc1ccc(Oc2ccc3c(c2)C(=O)NCN3Cc2c(F)cc(F)cc2F)c(C(F)(F)F)c1. The van der Waals surface area contributed by atoms with E-state index in [1.165, 1.54) is 29.2 Å². The van der Waals surface area contributed by atoms with Crippen LogP contribution in [0.2, 0.25) is 0 Å². The second-order valence-corrected chi connectivity index (χ2v) is 7.52. The van der Waals surface area contributed by atoms with Gasteiger partial charge in [0.15, 0.2) is 0 Å². The maximum Gasteiger partial charge on any atom is 0.419 e. The Morgan fingerprint density at radius 2 is 1.71 bits per heavy atom. The minimum atomic E-state index is -4.70. The Morgan fingerprint density at radius 3 is 2.35 bits per heavy atom. The number of rotatable bonds is 5. The van der Waals surface area contributed by atoms with E-state index in [9.17, 15) is 31.1 Å². The molecule has 0 unspecified atom stereocenters. The van der Waals surface area contributed by atoms with Gasteiger partial charge in [0.2, 0.25) is 0 Å². The molecule has 3 aromatic rings. The Balaban J connectivity index is 1.66. The van der Waals surface area contributed by atoms with Gasteiger partial charge in [0.25, 0.3) is 5.91 Å². The van der Waals surface area contributed by atoms with Crippen LogP contribution in [-0.2, 0) is 19.3 Å². The first kappa shape index (κ1) is 23.4. The third-order valence-corrected chi connectivity index (χ3v) is 5.25. The summed E-state index contributed by atoms with van der Waals surface area (Å²) in [4.78, 5) is 13.8. The van der Waals surface area contributed by atoms with Crippen LogP contribution in [0.25, 0.3) is 0 Å². The van der Waals surface area contributed by atoms with Gasteiger partial charge in [0, 0.05) is 24.2 Å². The molecule has 1 aliphatic heterocycles. The highest BCUT2D eigenvalue weighted by Crippen LogP contribution is 2.40. The van der Waals surface area contributed by atoms with Crippen LogP contribution in [0.15, 0.2) is 48.5 Å². The molecule has 5 nitrogen and oxygen atoms in total. The molecular formula is C23H17F6N3O2. The van der Waals surface area contributed by atoms with Gasteiger partial charge in [-0.3, -0.25) is 4.79 Å². The predicted molar refractivity (Wildman–Crippen MR) is 111 cm³/mol. The molecule has 0 bridgehead atoms. The summed E-state index contributed by atoms with van der Waals surface area (Å²) in [6.07, 6.45) is -4.70. The smallest absolute Gasteiger partial charge is 0.419 e. The molecule has 1 aliphatic rings. The van der Waals surface area contributed by atoms with Crippen molar-refractivity contribution in [2.45, 2.75) is 19.3 Å². The number of fused-ring (bicyclic) bond motifs is 1. The first-order chi connectivity index (χ1) is 16.1. The zero-order valence-electron chi connectivity index (χ0n) is 17.3. The maximum absolute atomic E-state index is 14.1. The Hall–Kier alpha value is -3.73. The number of amides is 1. The summed E-state index contributed by atoms with van der Waals surface area (Å²) < 4.78 is 87.3. The van der Waals surface area contributed by atoms with E-state index in [1.807, 2.05) is 0 Å². The van der Waals surface area contributed by atoms with Gasteiger partial charge in [0.05, 0.1) is 30.0 Å². The van der Waals surface area contributed by atoms with Crippen molar-refractivity contribution in [3.63, 3.8) is 0 Å². The molecule has 1 heterocycles. The number of carbonyl (C=O) groups excluding carboxylic acids is 1. The summed E-state index contributed by atoms with van der Waals surface area (Å²) in [5, 5.41) is 2.52. The molecule has 3 aromatic carbocycles. The Bertz CT molecular complexity index is 1240. The molecule has 34 heavy (non-hydrogen) atoms. The highest BCUT2D eigenvalue weighted by atomic mass is 19.4. The van der Waals surface area contributed by atoms with Gasteiger partial charge < -0.3 is 20.7 Å². The van der Waals surface area contributed by atoms with Gasteiger partial charge >= 0.3 is 6.18 Å². The van der Waals surface area contributed by atoms with Crippen molar-refractivity contribution in [3.8, 4) is 11.5 Å². The number of benzene rings is 3. The minimum Gasteiger partial charge on any atom is -0.457 e. The second kappa shape index (κ2) is 8.90. The van der Waals surface area contributed by atoms with Gasteiger partial charge in [-0.05, 0) is 35.9 Å². The fraction of sp³-hybridized carbons (Fsp3) is 0.174. The summed E-state index contributed by atoms with van der Waals surface area (Å²) in [5.74, 6) is -4.32. The summed E-state index contributed by atoms with van der Waals surface area (Å²) >= 11 is 0. The Kier molecular flexibility index (Phi) is 6.13. The molecule has 0 aliphatic carbocycles. The molecule has 178 valence electrons. The predicted octanol–water partition coefficient (Wildman–Crippen LogP) is 5.08. The standard InChI is InChI=1S/C23H17F6N3O2/c24-13-6-18(25)16(19(26)7-13)10-32-11-31-22(33)15-8-14(2-3-20(15)32)34-21-4-1-12(9-30)5-17(21)23(27,28)29/h1-8H,9-11,30H2,(H,31,33). The number of nitrogens with one attached hydrogen (secondary N) is 1. The average Bonchev–Trinajstić information content (AvgIpc) is 2.77. The number of anilines is 1. The third kappa shape index (κ3) is 4.65. The third-order valence-electron chi connectivity index (χ3n) is 5.25. The monoisotopic (exact) mass is 481 g/mol. The summed E-state index contributed by atoms with van der Waals surface area (Å²) in [6.45, 7) is -0.515. The maximum atomic E-state index is 14.1. The van der Waals surface area contributed by atoms with Gasteiger partial charge in [0.1, 0.15) is 29.0 Å². The van der Waals surface area contributed by atoms with Gasteiger partial charge in [-0.1, -0.05) is 6.07 Å². The molecule has 0 saturated heterocycles. The quantitative estimate of drug-likeness (QED) is 0.499. The van der Waals surface area contributed by atoms with Crippen LogP contribution in [0.4, 0.5) is 32.0 Å². The molecule has 4 rings (SSSR count). The highest BCUT2D eigenvalue weighted by Gasteiger charge is 2.35. The molecule has 11 heteroatoms. The Morgan fingerprint density at radius 1 is 1.00 bits per heavy atom. The number of halogens is 6. The van der Waals surface area contributed by atoms with Crippen molar-refractivity contribution in [3.05, 3.63) is 88.2 Å². The number of ether oxygens (including phenoxy) is 1. The van der Waals surface area contributed by atoms with Crippen LogP contribution in [0, 0.1) is 17.5 Å². The van der Waals surface area contributed by atoms with Crippen LogP contribution in [0.1, 0.15) is 27.0 Å². The second-order valence-electron chi connectivity index (χ2n) is 7.52. The van der Waals surface area contributed by atoms with Crippen LogP contribution in [0.3, 0.4) is 0 Å². The summed E-state index contributed by atoms with van der Waals surface area (Å²) in [5.41, 5.74) is 4.56. The van der Waals surface area contributed by atoms with Crippen LogP contribution in [0.5, 0.6) is 11.5 Å². The van der Waals surface area contributed by atoms with Crippen molar-refractivity contribution in [2.24, 2.45) is 5.73 Å². The lowest BCUT2D eigenvalue weighted by Gasteiger charge is -2.31. The van der Waals surface area contributed by atoms with E-state index in [4.69, 9.17) is 10.5 Å². The van der Waals surface area contributed by atoms with Gasteiger partial charge in [-0.2, -0.15) is 13.2 Å². The fourth-order valence-corrected chi connectivity index (χ4v) is 3.58. The number of nitrogens with zero attached hydrogens (tertiary/aromatic N) is 1. The fourth-order valence-electron chi connectivity index (χ4n) is 3.58. The van der Waals surface area contributed by atoms with Gasteiger partial charge in [-0.25, -0.2) is 13.2 Å². The topological polar surface area (TPSA) is 67.6 Å². The normalized spacial score (nSPS) is 13.5. The van der Waals surface area contributed by atoms with E-state index < -0.39 is 46.4 Å². The van der Waals surface area contributed by atoms with E-state index in [0.717, 1.165) is 12.1 Å². The lowest BCUT2D eigenvalue weighted by molar-refractivity contribution is -0.138. The zero-order valence-corrected chi connectivity index (χ0v) is 17.3. The van der Waals surface area contributed by atoms with Crippen LogP contribution >= 0.6 is 0 Å². The lowest BCUT2D eigenvalue weighted by Crippen LogP contribution is -2.43. The van der Waals surface area contributed by atoms with Crippen molar-refractivity contribution in [1.29, 1.82) is 0 Å². The Labute approximate surface area is 189 Å². The minimum absolute atomic E-state index is 0.0267. The molecular weight excluding hydrogens is 464 g/mol. The van der Waals surface area contributed by atoms with E-state index >= 15 is 0 Å². The van der Waals surface area contributed by atoms with Crippen molar-refractivity contribution in [1.82, 2.24) is 5.32 Å². The number of alkyl halides is 3. The summed E-state index contributed by atoms with van der Waals surface area (Å²) in [6, 6.07) is 8.46. The molecule has 0 saturated carbocycles. The van der Waals surface area contributed by atoms with Crippen molar-refractivity contribution >= 4 is 11.6 Å². The number of hydrogen-bond acceptors (Lipinski definition) is 4. The highest BCUT2D eigenvalue weighted by molar-refractivity contribution is 6.02. The first-order valence-electron chi connectivity index (χ1n) is 9.95. The van der Waals surface area contributed by atoms with Crippen LogP contribution in [-0.4, -0.2) is 12.6 Å². The average molecular weight is 481 g/mol. The summed E-state index contributed by atoms with van der Waals surface area (Å²) in [7, 11) is 0.